The molecule has 0 aliphatic carbocycles. The highest BCUT2D eigenvalue weighted by Crippen LogP contribution is 2.01. The van der Waals surface area contributed by atoms with Crippen molar-refractivity contribution in [1.29, 1.82) is 0 Å². The van der Waals surface area contributed by atoms with Crippen molar-refractivity contribution in [3.63, 3.8) is 0 Å². The lowest BCUT2D eigenvalue weighted by Gasteiger charge is -1.98. The molecular formula is C7H7NO2S. The maximum Gasteiger partial charge on any atom is 0.237 e. The van der Waals surface area contributed by atoms with Crippen LogP contribution >= 0.6 is 12.2 Å². The summed E-state index contributed by atoms with van der Waals surface area (Å²) in [5, 5.41) is 8.23. The van der Waals surface area contributed by atoms with Crippen molar-refractivity contribution in [2.75, 3.05) is 0 Å². The highest BCUT2D eigenvalue weighted by atomic mass is 32.1. The zero-order valence-electron chi connectivity index (χ0n) is 5.94. The minimum absolute atomic E-state index is 0.0394. The van der Waals surface area contributed by atoms with Gasteiger partial charge in [0.1, 0.15) is 0 Å². The summed E-state index contributed by atoms with van der Waals surface area (Å²) in [7, 11) is 0. The third-order valence-corrected chi connectivity index (χ3v) is 1.54. The van der Waals surface area contributed by atoms with Gasteiger partial charge in [-0.3, -0.25) is 4.98 Å². The van der Waals surface area contributed by atoms with Crippen molar-refractivity contribution in [1.82, 2.24) is 4.98 Å². The Morgan fingerprint density at radius 2 is 2.36 bits per heavy atom. The van der Waals surface area contributed by atoms with Crippen LogP contribution in [-0.2, 0) is 4.89 Å². The maximum absolute atomic E-state index is 8.19. The van der Waals surface area contributed by atoms with E-state index in [2.05, 4.69) is 22.1 Å². The molecule has 1 aromatic heterocycles. The Morgan fingerprint density at radius 1 is 1.64 bits per heavy atom. The number of hydrogen-bond acceptors (Lipinski definition) is 4. The van der Waals surface area contributed by atoms with Crippen LogP contribution in [0.25, 0.3) is 0 Å². The molecule has 0 aliphatic rings. The molecule has 11 heavy (non-hydrogen) atoms. The molecule has 0 atom stereocenters. The molecule has 0 fully saturated rings. The first-order valence-corrected chi connectivity index (χ1v) is 3.43. The number of pyridine rings is 1. The van der Waals surface area contributed by atoms with E-state index in [0.717, 1.165) is 5.69 Å². The third kappa shape index (κ3) is 1.96. The zero-order valence-corrected chi connectivity index (χ0v) is 6.76. The van der Waals surface area contributed by atoms with E-state index in [1.807, 2.05) is 6.92 Å². The molecule has 1 aromatic rings. The fourth-order valence-electron chi connectivity index (χ4n) is 0.641. The second-order valence-electron chi connectivity index (χ2n) is 2.07. The molecule has 4 heteroatoms. The van der Waals surface area contributed by atoms with Gasteiger partial charge in [0.2, 0.25) is 5.05 Å². The summed E-state index contributed by atoms with van der Waals surface area (Å²) >= 11 is 4.65. The summed E-state index contributed by atoms with van der Waals surface area (Å²) in [5.74, 6) is 0. The van der Waals surface area contributed by atoms with Gasteiger partial charge in [-0.15, -0.1) is 0 Å². The topological polar surface area (TPSA) is 42.4 Å². The summed E-state index contributed by atoms with van der Waals surface area (Å²) in [5.41, 5.74) is 1.50. The zero-order chi connectivity index (χ0) is 8.27. The minimum Gasteiger partial charge on any atom is -0.328 e. The fraction of sp³-hybridized carbons (Fsp3) is 0.143. The molecule has 1 heterocycles. The quantitative estimate of drug-likeness (QED) is 0.393. The van der Waals surface area contributed by atoms with E-state index in [-0.39, 0.29) is 5.05 Å². The maximum atomic E-state index is 8.19. The van der Waals surface area contributed by atoms with Gasteiger partial charge in [-0.25, -0.2) is 5.26 Å². The van der Waals surface area contributed by atoms with E-state index in [9.17, 15) is 0 Å². The predicted molar refractivity (Wildman–Crippen MR) is 44.4 cm³/mol. The molecule has 0 unspecified atom stereocenters. The van der Waals surface area contributed by atoms with E-state index in [0.29, 0.717) is 5.56 Å². The van der Waals surface area contributed by atoms with Crippen LogP contribution in [0.2, 0.25) is 0 Å². The van der Waals surface area contributed by atoms with Crippen LogP contribution in [0.4, 0.5) is 0 Å². The van der Waals surface area contributed by atoms with E-state index in [1.165, 1.54) is 0 Å². The van der Waals surface area contributed by atoms with Gasteiger partial charge in [-0.05, 0) is 31.3 Å². The highest BCUT2D eigenvalue weighted by Gasteiger charge is 2.00. The summed E-state index contributed by atoms with van der Waals surface area (Å²) in [6.07, 6.45) is 1.55. The Balaban J connectivity index is 2.90. The molecule has 0 spiro atoms. The average Bonchev–Trinajstić information content (AvgIpc) is 2.05. The summed E-state index contributed by atoms with van der Waals surface area (Å²) in [6, 6.07) is 3.53. The molecule has 0 saturated carbocycles. The number of hydrogen-bond donors (Lipinski definition) is 1. The van der Waals surface area contributed by atoms with Crippen molar-refractivity contribution < 1.29 is 10.1 Å². The first kappa shape index (κ1) is 8.10. The first-order chi connectivity index (χ1) is 5.24. The van der Waals surface area contributed by atoms with Crippen LogP contribution < -0.4 is 0 Å². The lowest BCUT2D eigenvalue weighted by atomic mass is 10.3. The van der Waals surface area contributed by atoms with Gasteiger partial charge in [0, 0.05) is 11.9 Å². The van der Waals surface area contributed by atoms with Crippen LogP contribution in [0.3, 0.4) is 0 Å². The molecule has 0 amide bonds. The molecule has 1 rings (SSSR count). The van der Waals surface area contributed by atoms with E-state index in [4.69, 9.17) is 5.26 Å². The molecule has 0 aromatic carbocycles. The van der Waals surface area contributed by atoms with Crippen LogP contribution in [0, 0.1) is 6.92 Å². The van der Waals surface area contributed by atoms with Crippen molar-refractivity contribution in [2.24, 2.45) is 0 Å². The van der Waals surface area contributed by atoms with E-state index >= 15 is 0 Å². The largest absolute Gasteiger partial charge is 0.328 e. The van der Waals surface area contributed by atoms with Gasteiger partial charge in [0.15, 0.2) is 0 Å². The van der Waals surface area contributed by atoms with Crippen LogP contribution in [-0.4, -0.2) is 15.3 Å². The lowest BCUT2D eigenvalue weighted by molar-refractivity contribution is -0.150. The predicted octanol–water partition coefficient (Wildman–Crippen LogP) is 1.56. The standard InChI is InChI=1S/C7H7NO2S/c1-5-2-3-6(4-8-5)7(11)10-9/h2-4,9H,1H3. The Hall–Kier alpha value is -1.00. The number of nitrogens with zero attached hydrogens (tertiary/aromatic N) is 1. The molecule has 0 saturated heterocycles. The van der Waals surface area contributed by atoms with Crippen LogP contribution in [0.15, 0.2) is 18.3 Å². The Kier molecular flexibility index (Phi) is 2.51. The number of rotatable bonds is 1. The van der Waals surface area contributed by atoms with Crippen LogP contribution in [0.5, 0.6) is 0 Å². The van der Waals surface area contributed by atoms with E-state index in [1.54, 1.807) is 18.3 Å². The monoisotopic (exact) mass is 169 g/mol. The Bertz CT molecular complexity index is 258. The number of aromatic nitrogens is 1. The molecular weight excluding hydrogens is 162 g/mol. The molecule has 3 nitrogen and oxygen atoms in total. The Labute approximate surface area is 69.6 Å². The van der Waals surface area contributed by atoms with E-state index < -0.39 is 0 Å². The normalized spacial score (nSPS) is 9.27. The summed E-state index contributed by atoms with van der Waals surface area (Å²) in [4.78, 5) is 7.84. The molecule has 1 N–H and O–H groups in total. The van der Waals surface area contributed by atoms with Crippen molar-refractivity contribution >= 4 is 17.3 Å². The molecule has 0 aliphatic heterocycles. The van der Waals surface area contributed by atoms with Crippen LogP contribution in [0.1, 0.15) is 11.3 Å². The lowest BCUT2D eigenvalue weighted by Crippen LogP contribution is -2.00. The minimum atomic E-state index is 0.0394. The fourth-order valence-corrected chi connectivity index (χ4v) is 0.762. The molecule has 0 bridgehead atoms. The van der Waals surface area contributed by atoms with Crippen molar-refractivity contribution in [3.8, 4) is 0 Å². The molecule has 58 valence electrons. The SMILES string of the molecule is Cc1ccc(C(=S)OO)cn1. The molecule has 0 radical (unpaired) electrons. The van der Waals surface area contributed by atoms with Gasteiger partial charge in [-0.2, -0.15) is 0 Å². The van der Waals surface area contributed by atoms with Gasteiger partial charge >= 0.3 is 0 Å². The van der Waals surface area contributed by atoms with Gasteiger partial charge < -0.3 is 4.89 Å². The Morgan fingerprint density at radius 3 is 2.82 bits per heavy atom. The average molecular weight is 169 g/mol. The number of aryl methyl sites for hydroxylation is 1. The second-order valence-corrected chi connectivity index (χ2v) is 2.44. The van der Waals surface area contributed by atoms with Crippen molar-refractivity contribution in [2.45, 2.75) is 6.92 Å². The van der Waals surface area contributed by atoms with Gasteiger partial charge in [0.05, 0.1) is 5.56 Å². The van der Waals surface area contributed by atoms with Gasteiger partial charge in [-0.1, -0.05) is 0 Å². The summed E-state index contributed by atoms with van der Waals surface area (Å²) in [6.45, 7) is 1.87. The summed E-state index contributed by atoms with van der Waals surface area (Å²) < 4.78 is 0. The third-order valence-electron chi connectivity index (χ3n) is 1.23. The highest BCUT2D eigenvalue weighted by molar-refractivity contribution is 7.80. The first-order valence-electron chi connectivity index (χ1n) is 3.02. The number of thiocarbonyl (C=S) groups is 1. The second kappa shape index (κ2) is 3.41. The van der Waals surface area contributed by atoms with Gasteiger partial charge in [0.25, 0.3) is 0 Å². The smallest absolute Gasteiger partial charge is 0.237 e. The van der Waals surface area contributed by atoms with Crippen molar-refractivity contribution in [3.05, 3.63) is 29.6 Å².